The first kappa shape index (κ1) is 21.8. The molecule has 0 atom stereocenters. The van der Waals surface area contributed by atoms with E-state index in [-0.39, 0.29) is 11.7 Å². The van der Waals surface area contributed by atoms with Crippen molar-refractivity contribution < 1.29 is 14.3 Å². The van der Waals surface area contributed by atoms with Gasteiger partial charge in [0.1, 0.15) is 5.82 Å². The van der Waals surface area contributed by atoms with Gasteiger partial charge >= 0.3 is 5.97 Å². The van der Waals surface area contributed by atoms with Crippen LogP contribution in [0.4, 0.5) is 5.69 Å². The van der Waals surface area contributed by atoms with E-state index in [2.05, 4.69) is 26.3 Å². The maximum atomic E-state index is 12.5. The molecule has 4 aromatic rings. The number of aromatic nitrogens is 3. The number of methoxy groups -OCH3 is 1. The standard InChI is InChI=1S/C23H20N4O3S2/c1-30-22(29)16-9-11-17(12-10-16)24-21(28)15-32-23-26-25-20(14-19-8-5-13-31-19)27(23)18-6-3-2-4-7-18/h2-13H,14-15H2,1H3,(H,24,28). The molecule has 0 spiro atoms. The third-order valence-corrected chi connectivity index (χ3v) is 6.35. The summed E-state index contributed by atoms with van der Waals surface area (Å²) in [6.45, 7) is 0. The van der Waals surface area contributed by atoms with E-state index in [1.165, 1.54) is 23.7 Å². The first-order valence-corrected chi connectivity index (χ1v) is 11.6. The molecule has 4 rings (SSSR count). The van der Waals surface area contributed by atoms with E-state index in [0.29, 0.717) is 22.8 Å². The number of amides is 1. The summed E-state index contributed by atoms with van der Waals surface area (Å²) < 4.78 is 6.67. The number of thioether (sulfide) groups is 1. The number of para-hydroxylation sites is 1. The van der Waals surface area contributed by atoms with Gasteiger partial charge in [0.2, 0.25) is 5.91 Å². The number of thiophene rings is 1. The van der Waals surface area contributed by atoms with Crippen molar-refractivity contribution in [2.24, 2.45) is 0 Å². The van der Waals surface area contributed by atoms with Gasteiger partial charge in [-0.2, -0.15) is 0 Å². The van der Waals surface area contributed by atoms with E-state index in [1.807, 2.05) is 46.3 Å². The lowest BCUT2D eigenvalue weighted by Gasteiger charge is -2.10. The zero-order valence-corrected chi connectivity index (χ0v) is 18.9. The number of nitrogens with one attached hydrogen (secondary N) is 1. The molecule has 0 aliphatic rings. The molecule has 2 aromatic carbocycles. The number of nitrogens with zero attached hydrogens (tertiary/aromatic N) is 3. The number of carbonyl (C=O) groups is 2. The summed E-state index contributed by atoms with van der Waals surface area (Å²) in [5.41, 5.74) is 1.98. The van der Waals surface area contributed by atoms with E-state index in [4.69, 9.17) is 0 Å². The summed E-state index contributed by atoms with van der Waals surface area (Å²) in [5, 5.41) is 14.2. The van der Waals surface area contributed by atoms with Crippen molar-refractivity contribution in [3.63, 3.8) is 0 Å². The van der Waals surface area contributed by atoms with Crippen LogP contribution >= 0.6 is 23.1 Å². The number of benzene rings is 2. The zero-order chi connectivity index (χ0) is 22.3. The van der Waals surface area contributed by atoms with Gasteiger partial charge < -0.3 is 10.1 Å². The Morgan fingerprint density at radius 1 is 1.03 bits per heavy atom. The predicted molar refractivity (Wildman–Crippen MR) is 126 cm³/mol. The van der Waals surface area contributed by atoms with Crippen LogP contribution in [-0.2, 0) is 16.0 Å². The molecule has 0 aliphatic heterocycles. The van der Waals surface area contributed by atoms with Crippen LogP contribution < -0.4 is 5.32 Å². The molecule has 7 nitrogen and oxygen atoms in total. The SMILES string of the molecule is COC(=O)c1ccc(NC(=O)CSc2nnc(Cc3cccs3)n2-c2ccccc2)cc1. The Balaban J connectivity index is 1.46. The van der Waals surface area contributed by atoms with Crippen molar-refractivity contribution in [2.75, 3.05) is 18.2 Å². The average molecular weight is 465 g/mol. The smallest absolute Gasteiger partial charge is 0.337 e. The highest BCUT2D eigenvalue weighted by atomic mass is 32.2. The Labute approximate surface area is 193 Å². The number of ether oxygens (including phenoxy) is 1. The number of hydrogen-bond donors (Lipinski definition) is 1. The van der Waals surface area contributed by atoms with Gasteiger partial charge in [0, 0.05) is 22.7 Å². The third kappa shape index (κ3) is 5.24. The second-order valence-electron chi connectivity index (χ2n) is 6.73. The Morgan fingerprint density at radius 2 is 1.81 bits per heavy atom. The van der Waals surface area contributed by atoms with Crippen LogP contribution in [0.5, 0.6) is 0 Å². The number of rotatable bonds is 8. The first-order chi connectivity index (χ1) is 15.6. The number of hydrogen-bond acceptors (Lipinski definition) is 7. The topological polar surface area (TPSA) is 86.1 Å². The Bertz CT molecular complexity index is 1190. The fourth-order valence-electron chi connectivity index (χ4n) is 3.05. The highest BCUT2D eigenvalue weighted by Gasteiger charge is 2.17. The number of anilines is 1. The summed E-state index contributed by atoms with van der Waals surface area (Å²) >= 11 is 2.99. The molecule has 0 fully saturated rings. The fourth-order valence-corrected chi connectivity index (χ4v) is 4.52. The molecule has 0 unspecified atom stereocenters. The Kier molecular flexibility index (Phi) is 6.98. The molecule has 0 saturated carbocycles. The maximum Gasteiger partial charge on any atom is 0.337 e. The van der Waals surface area contributed by atoms with Crippen LogP contribution in [0.3, 0.4) is 0 Å². The van der Waals surface area contributed by atoms with Crippen LogP contribution in [-0.4, -0.2) is 39.5 Å². The largest absolute Gasteiger partial charge is 0.465 e. The highest BCUT2D eigenvalue weighted by molar-refractivity contribution is 7.99. The summed E-state index contributed by atoms with van der Waals surface area (Å²) in [6, 6.07) is 20.5. The third-order valence-electron chi connectivity index (χ3n) is 4.55. The summed E-state index contributed by atoms with van der Waals surface area (Å²) in [4.78, 5) is 25.2. The van der Waals surface area contributed by atoms with Crippen LogP contribution in [0.15, 0.2) is 77.3 Å². The van der Waals surface area contributed by atoms with Gasteiger partial charge in [0.05, 0.1) is 18.4 Å². The van der Waals surface area contributed by atoms with Crippen LogP contribution in [0.1, 0.15) is 21.1 Å². The minimum Gasteiger partial charge on any atom is -0.465 e. The van der Waals surface area contributed by atoms with Crippen molar-refractivity contribution in [3.05, 3.63) is 88.4 Å². The lowest BCUT2D eigenvalue weighted by atomic mass is 10.2. The monoisotopic (exact) mass is 464 g/mol. The van der Waals surface area contributed by atoms with Crippen molar-refractivity contribution in [2.45, 2.75) is 11.6 Å². The van der Waals surface area contributed by atoms with Crippen molar-refractivity contribution >= 4 is 40.7 Å². The van der Waals surface area contributed by atoms with Crippen molar-refractivity contribution in [1.29, 1.82) is 0 Å². The molecule has 162 valence electrons. The summed E-state index contributed by atoms with van der Waals surface area (Å²) in [6.07, 6.45) is 0.666. The molecule has 9 heteroatoms. The van der Waals surface area contributed by atoms with Crippen LogP contribution in [0, 0.1) is 0 Å². The molecule has 2 heterocycles. The van der Waals surface area contributed by atoms with E-state index < -0.39 is 5.97 Å². The molecule has 1 N–H and O–H groups in total. The lowest BCUT2D eigenvalue weighted by Crippen LogP contribution is -2.15. The number of esters is 1. The first-order valence-electron chi connectivity index (χ1n) is 9.77. The quantitative estimate of drug-likeness (QED) is 0.307. The lowest BCUT2D eigenvalue weighted by molar-refractivity contribution is -0.113. The van der Waals surface area contributed by atoms with E-state index in [1.54, 1.807) is 35.6 Å². The average Bonchev–Trinajstić information content (AvgIpc) is 3.48. The molecule has 2 aromatic heterocycles. The Hall–Kier alpha value is -3.43. The van der Waals surface area contributed by atoms with Gasteiger partial charge in [-0.05, 0) is 47.8 Å². The molecule has 0 aliphatic carbocycles. The molecule has 32 heavy (non-hydrogen) atoms. The molecular weight excluding hydrogens is 444 g/mol. The van der Waals surface area contributed by atoms with E-state index in [0.717, 1.165) is 11.5 Å². The normalized spacial score (nSPS) is 10.7. The molecule has 0 saturated heterocycles. The molecule has 0 bridgehead atoms. The van der Waals surface area contributed by atoms with Gasteiger partial charge in [-0.1, -0.05) is 36.0 Å². The molecular formula is C23H20N4O3S2. The van der Waals surface area contributed by atoms with E-state index in [9.17, 15) is 9.59 Å². The van der Waals surface area contributed by atoms with Gasteiger partial charge in [0.25, 0.3) is 0 Å². The zero-order valence-electron chi connectivity index (χ0n) is 17.2. The molecule has 1 amide bonds. The minimum absolute atomic E-state index is 0.169. The summed E-state index contributed by atoms with van der Waals surface area (Å²) in [5.74, 6) is 0.392. The van der Waals surface area contributed by atoms with Gasteiger partial charge in [-0.15, -0.1) is 21.5 Å². The van der Waals surface area contributed by atoms with Crippen molar-refractivity contribution in [1.82, 2.24) is 14.8 Å². The molecule has 0 radical (unpaired) electrons. The minimum atomic E-state index is -0.419. The van der Waals surface area contributed by atoms with Crippen LogP contribution in [0.25, 0.3) is 5.69 Å². The van der Waals surface area contributed by atoms with Crippen molar-refractivity contribution in [3.8, 4) is 5.69 Å². The second-order valence-corrected chi connectivity index (χ2v) is 8.71. The maximum absolute atomic E-state index is 12.5. The Morgan fingerprint density at radius 3 is 2.50 bits per heavy atom. The highest BCUT2D eigenvalue weighted by Crippen LogP contribution is 2.24. The van der Waals surface area contributed by atoms with Gasteiger partial charge in [0.15, 0.2) is 5.16 Å². The predicted octanol–water partition coefficient (Wildman–Crippen LogP) is 4.44. The summed E-state index contributed by atoms with van der Waals surface area (Å²) in [7, 11) is 1.33. The fraction of sp³-hybridized carbons (Fsp3) is 0.130. The van der Waals surface area contributed by atoms with Crippen LogP contribution in [0.2, 0.25) is 0 Å². The van der Waals surface area contributed by atoms with E-state index >= 15 is 0 Å². The second kappa shape index (κ2) is 10.3. The number of carbonyl (C=O) groups excluding carboxylic acids is 2. The van der Waals surface area contributed by atoms with Gasteiger partial charge in [-0.25, -0.2) is 4.79 Å². The van der Waals surface area contributed by atoms with Gasteiger partial charge in [-0.3, -0.25) is 9.36 Å².